The Labute approximate surface area is 129 Å². The second-order valence-electron chi connectivity index (χ2n) is 7.65. The fourth-order valence-corrected chi connectivity index (χ4v) is 3.53. The van der Waals surface area contributed by atoms with E-state index in [1.165, 1.54) is 6.42 Å². The third kappa shape index (κ3) is 5.17. The number of rotatable bonds is 4. The van der Waals surface area contributed by atoms with Gasteiger partial charge in [-0.1, -0.05) is 0 Å². The van der Waals surface area contributed by atoms with Crippen molar-refractivity contribution >= 4 is 6.09 Å². The van der Waals surface area contributed by atoms with Crippen LogP contribution in [0.5, 0.6) is 0 Å². The SMILES string of the molecule is C[C@H](OC(C)(C)C)[C@H]1CC[C@@H](COC(=O)N2CCCC2)C1. The minimum absolute atomic E-state index is 0.0836. The molecule has 1 saturated heterocycles. The Bertz CT molecular complexity index is 344. The molecule has 0 aromatic heterocycles. The van der Waals surface area contributed by atoms with Crippen LogP contribution in [0.2, 0.25) is 0 Å². The summed E-state index contributed by atoms with van der Waals surface area (Å²) in [6.07, 6.45) is 5.84. The molecule has 21 heavy (non-hydrogen) atoms. The van der Waals surface area contributed by atoms with Crippen molar-refractivity contribution in [1.82, 2.24) is 4.90 Å². The van der Waals surface area contributed by atoms with Crippen LogP contribution < -0.4 is 0 Å². The number of hydrogen-bond donors (Lipinski definition) is 0. The normalized spacial score (nSPS) is 27.9. The molecule has 0 bridgehead atoms. The molecule has 2 rings (SSSR count). The third-order valence-electron chi connectivity index (χ3n) is 4.59. The van der Waals surface area contributed by atoms with Crippen molar-refractivity contribution in [2.75, 3.05) is 19.7 Å². The maximum atomic E-state index is 11.9. The van der Waals surface area contributed by atoms with Crippen molar-refractivity contribution in [1.29, 1.82) is 0 Å². The van der Waals surface area contributed by atoms with Gasteiger partial charge < -0.3 is 14.4 Å². The number of carbonyl (C=O) groups is 1. The summed E-state index contributed by atoms with van der Waals surface area (Å²) in [6.45, 7) is 10.8. The van der Waals surface area contributed by atoms with Gasteiger partial charge in [0.25, 0.3) is 0 Å². The van der Waals surface area contributed by atoms with Crippen molar-refractivity contribution in [3.8, 4) is 0 Å². The van der Waals surface area contributed by atoms with Crippen LogP contribution in [0, 0.1) is 11.8 Å². The minimum Gasteiger partial charge on any atom is -0.449 e. The van der Waals surface area contributed by atoms with Gasteiger partial charge in [0.15, 0.2) is 0 Å². The quantitative estimate of drug-likeness (QED) is 0.791. The summed E-state index contributed by atoms with van der Waals surface area (Å²) in [7, 11) is 0. The van der Waals surface area contributed by atoms with Gasteiger partial charge in [-0.15, -0.1) is 0 Å². The Morgan fingerprint density at radius 1 is 1.24 bits per heavy atom. The average molecular weight is 297 g/mol. The lowest BCUT2D eigenvalue weighted by atomic mass is 9.99. The molecule has 4 nitrogen and oxygen atoms in total. The predicted octanol–water partition coefficient (Wildman–Crippen LogP) is 3.84. The summed E-state index contributed by atoms with van der Waals surface area (Å²) < 4.78 is 11.5. The molecule has 0 unspecified atom stereocenters. The summed E-state index contributed by atoms with van der Waals surface area (Å²) in [6, 6.07) is 0. The summed E-state index contributed by atoms with van der Waals surface area (Å²) in [4.78, 5) is 13.7. The zero-order valence-corrected chi connectivity index (χ0v) is 14.1. The van der Waals surface area contributed by atoms with E-state index in [2.05, 4.69) is 27.7 Å². The maximum Gasteiger partial charge on any atom is 0.409 e. The van der Waals surface area contributed by atoms with E-state index < -0.39 is 0 Å². The van der Waals surface area contributed by atoms with Gasteiger partial charge in [-0.25, -0.2) is 4.79 Å². The molecule has 1 heterocycles. The Balaban J connectivity index is 1.69. The second-order valence-corrected chi connectivity index (χ2v) is 7.65. The van der Waals surface area contributed by atoms with E-state index in [9.17, 15) is 4.79 Å². The molecule has 2 aliphatic rings. The number of carbonyl (C=O) groups excluding carboxylic acids is 1. The zero-order valence-electron chi connectivity index (χ0n) is 14.1. The summed E-state index contributed by atoms with van der Waals surface area (Å²) in [5.41, 5.74) is -0.0836. The van der Waals surface area contributed by atoms with Crippen molar-refractivity contribution < 1.29 is 14.3 Å². The second kappa shape index (κ2) is 6.99. The van der Waals surface area contributed by atoms with E-state index in [0.29, 0.717) is 18.4 Å². The molecule has 4 heteroatoms. The van der Waals surface area contributed by atoms with Gasteiger partial charge in [0.1, 0.15) is 0 Å². The molecule has 122 valence electrons. The molecule has 0 aromatic carbocycles. The lowest BCUT2D eigenvalue weighted by Crippen LogP contribution is -2.31. The lowest BCUT2D eigenvalue weighted by molar-refractivity contribution is -0.0756. The molecule has 0 radical (unpaired) electrons. The highest BCUT2D eigenvalue weighted by molar-refractivity contribution is 5.67. The van der Waals surface area contributed by atoms with Crippen LogP contribution in [-0.2, 0) is 9.47 Å². The van der Waals surface area contributed by atoms with Crippen molar-refractivity contribution in [3.63, 3.8) is 0 Å². The highest BCUT2D eigenvalue weighted by Crippen LogP contribution is 2.35. The molecule has 0 aromatic rings. The molecule has 2 fully saturated rings. The summed E-state index contributed by atoms with van der Waals surface area (Å²) in [5.74, 6) is 1.10. The van der Waals surface area contributed by atoms with Crippen LogP contribution in [0.4, 0.5) is 4.79 Å². The number of ether oxygens (including phenoxy) is 2. The van der Waals surface area contributed by atoms with E-state index >= 15 is 0 Å². The number of likely N-dealkylation sites (tertiary alicyclic amines) is 1. The van der Waals surface area contributed by atoms with Gasteiger partial charge >= 0.3 is 6.09 Å². The maximum absolute atomic E-state index is 11.9. The Hall–Kier alpha value is -0.770. The van der Waals surface area contributed by atoms with Crippen molar-refractivity contribution in [2.24, 2.45) is 11.8 Å². The molecular formula is C17H31NO3. The fourth-order valence-electron chi connectivity index (χ4n) is 3.53. The summed E-state index contributed by atoms with van der Waals surface area (Å²) >= 11 is 0. The largest absolute Gasteiger partial charge is 0.449 e. The molecule has 1 aliphatic heterocycles. The standard InChI is InChI=1S/C17H31NO3/c1-13(21-17(2,3)4)15-8-7-14(11-15)12-20-16(19)18-9-5-6-10-18/h13-15H,5-12H2,1-4H3/t13-,14+,15-/m0/s1. The minimum atomic E-state index is -0.116. The highest BCUT2D eigenvalue weighted by Gasteiger charge is 2.32. The zero-order chi connectivity index (χ0) is 15.5. The monoisotopic (exact) mass is 297 g/mol. The molecule has 0 N–H and O–H groups in total. The first kappa shape index (κ1) is 16.6. The lowest BCUT2D eigenvalue weighted by Gasteiger charge is -2.29. The smallest absolute Gasteiger partial charge is 0.409 e. The number of amides is 1. The van der Waals surface area contributed by atoms with E-state index in [4.69, 9.17) is 9.47 Å². The average Bonchev–Trinajstić information content (AvgIpc) is 3.05. The molecule has 1 aliphatic carbocycles. The van der Waals surface area contributed by atoms with Gasteiger partial charge in [-0.2, -0.15) is 0 Å². The Morgan fingerprint density at radius 3 is 2.52 bits per heavy atom. The van der Waals surface area contributed by atoms with E-state index in [0.717, 1.165) is 38.8 Å². The molecule has 0 spiro atoms. The van der Waals surface area contributed by atoms with Crippen molar-refractivity contribution in [3.05, 3.63) is 0 Å². The molecule has 1 saturated carbocycles. The van der Waals surface area contributed by atoms with Crippen LogP contribution in [0.15, 0.2) is 0 Å². The first-order chi connectivity index (χ1) is 9.85. The van der Waals surface area contributed by atoms with Crippen LogP contribution in [-0.4, -0.2) is 42.4 Å². The van der Waals surface area contributed by atoms with Gasteiger partial charge in [-0.05, 0) is 71.6 Å². The Morgan fingerprint density at radius 2 is 1.90 bits per heavy atom. The van der Waals surface area contributed by atoms with Crippen LogP contribution in [0.3, 0.4) is 0 Å². The van der Waals surface area contributed by atoms with Crippen molar-refractivity contribution in [2.45, 2.75) is 71.5 Å². The molecular weight excluding hydrogens is 266 g/mol. The first-order valence-electron chi connectivity index (χ1n) is 8.44. The topological polar surface area (TPSA) is 38.8 Å². The molecule has 3 atom stereocenters. The van der Waals surface area contributed by atoms with Gasteiger partial charge in [0, 0.05) is 13.1 Å². The number of nitrogens with zero attached hydrogens (tertiary/aromatic N) is 1. The van der Waals surface area contributed by atoms with Crippen LogP contribution in [0.25, 0.3) is 0 Å². The fraction of sp³-hybridized carbons (Fsp3) is 0.941. The van der Waals surface area contributed by atoms with Crippen LogP contribution >= 0.6 is 0 Å². The highest BCUT2D eigenvalue weighted by atomic mass is 16.6. The van der Waals surface area contributed by atoms with E-state index in [1.54, 1.807) is 0 Å². The van der Waals surface area contributed by atoms with Gasteiger partial charge in [0.2, 0.25) is 0 Å². The predicted molar refractivity (Wildman–Crippen MR) is 83.3 cm³/mol. The Kier molecular flexibility index (Phi) is 5.53. The first-order valence-corrected chi connectivity index (χ1v) is 8.44. The molecule has 1 amide bonds. The van der Waals surface area contributed by atoms with Gasteiger partial charge in [-0.3, -0.25) is 0 Å². The van der Waals surface area contributed by atoms with Gasteiger partial charge in [0.05, 0.1) is 18.3 Å². The number of hydrogen-bond acceptors (Lipinski definition) is 3. The third-order valence-corrected chi connectivity index (χ3v) is 4.59. The summed E-state index contributed by atoms with van der Waals surface area (Å²) in [5, 5.41) is 0. The van der Waals surface area contributed by atoms with E-state index in [1.807, 2.05) is 4.90 Å². The van der Waals surface area contributed by atoms with E-state index in [-0.39, 0.29) is 17.8 Å². The van der Waals surface area contributed by atoms with Crippen LogP contribution in [0.1, 0.15) is 59.8 Å².